The highest BCUT2D eigenvalue weighted by atomic mass is 19.4. The molecule has 0 saturated carbocycles. The fourth-order valence-corrected chi connectivity index (χ4v) is 5.61. The van der Waals surface area contributed by atoms with Crippen LogP contribution in [0.4, 0.5) is 37.2 Å². The van der Waals surface area contributed by atoms with Gasteiger partial charge in [-0.2, -0.15) is 13.2 Å². The number of nitrogens with zero attached hydrogens (tertiary/aromatic N) is 2. The highest BCUT2D eigenvalue weighted by Gasteiger charge is 2.56. The highest BCUT2D eigenvalue weighted by Crippen LogP contribution is 2.43. The van der Waals surface area contributed by atoms with Gasteiger partial charge < -0.3 is 15.0 Å². The molecule has 2 aliphatic heterocycles. The van der Waals surface area contributed by atoms with Gasteiger partial charge in [0.1, 0.15) is 29.8 Å². The van der Waals surface area contributed by atoms with Gasteiger partial charge in [0, 0.05) is 6.54 Å². The summed E-state index contributed by atoms with van der Waals surface area (Å²) >= 11 is 0. The molecule has 0 bridgehead atoms. The van der Waals surface area contributed by atoms with Gasteiger partial charge in [-0.05, 0) is 72.2 Å². The summed E-state index contributed by atoms with van der Waals surface area (Å²) in [6.45, 7) is -1.47. The number of anilines is 1. The molecule has 2 aromatic rings. The van der Waals surface area contributed by atoms with Crippen molar-refractivity contribution in [3.05, 3.63) is 64.2 Å². The minimum Gasteiger partial charge on any atom is -0.453 e. The third kappa shape index (κ3) is 4.60. The molecule has 0 aromatic heterocycles. The predicted molar refractivity (Wildman–Crippen MR) is 128 cm³/mol. The molecule has 5 rings (SSSR count). The molecule has 1 saturated heterocycles. The van der Waals surface area contributed by atoms with E-state index in [9.17, 15) is 41.1 Å². The van der Waals surface area contributed by atoms with E-state index in [0.29, 0.717) is 26.5 Å². The number of fused-ring (bicyclic) bond motifs is 3. The molecule has 1 unspecified atom stereocenters. The normalized spacial score (nSPS) is 22.1. The predicted octanol–water partition coefficient (Wildman–Crippen LogP) is 3.74. The molecule has 2 heterocycles. The van der Waals surface area contributed by atoms with Crippen molar-refractivity contribution < 1.29 is 45.9 Å². The first kappa shape index (κ1) is 27.3. The fraction of sp³-hybridized carbons (Fsp3) is 0.385. The summed E-state index contributed by atoms with van der Waals surface area (Å²) in [6, 6.07) is 2.58. The third-order valence-electron chi connectivity index (χ3n) is 7.58. The first-order chi connectivity index (χ1) is 18.8. The molecule has 5 amide bonds. The fourth-order valence-electron chi connectivity index (χ4n) is 5.61. The van der Waals surface area contributed by atoms with Crippen LogP contribution in [-0.2, 0) is 39.3 Å². The lowest BCUT2D eigenvalue weighted by Gasteiger charge is -2.32. The Labute approximate surface area is 224 Å². The summed E-state index contributed by atoms with van der Waals surface area (Å²) in [5, 5.41) is 4.70. The molecule has 3 aliphatic rings. The average Bonchev–Trinajstić information content (AvgIpc) is 3.25. The van der Waals surface area contributed by atoms with E-state index in [1.165, 1.54) is 12.1 Å². The van der Waals surface area contributed by atoms with Crippen LogP contribution in [0, 0.1) is 11.6 Å². The van der Waals surface area contributed by atoms with Crippen molar-refractivity contribution in [3.8, 4) is 0 Å². The summed E-state index contributed by atoms with van der Waals surface area (Å²) in [5.74, 6) is -3.55. The molecule has 9 nitrogen and oxygen atoms in total. The van der Waals surface area contributed by atoms with Gasteiger partial charge in [0.25, 0.3) is 5.91 Å². The number of imide groups is 1. The van der Waals surface area contributed by atoms with E-state index in [-0.39, 0.29) is 30.5 Å². The number of urea groups is 1. The number of carbonyl (C=O) groups is 4. The molecular weight excluding hydrogens is 543 g/mol. The maximum absolute atomic E-state index is 14.8. The zero-order chi connectivity index (χ0) is 29.0. The number of methoxy groups -OCH3 is 1. The summed E-state index contributed by atoms with van der Waals surface area (Å²) in [4.78, 5) is 52.3. The first-order valence-corrected chi connectivity index (χ1v) is 12.3. The van der Waals surface area contributed by atoms with Crippen LogP contribution in [0.3, 0.4) is 0 Å². The molecule has 14 heteroatoms. The van der Waals surface area contributed by atoms with Crippen LogP contribution >= 0.6 is 0 Å². The molecule has 2 aromatic carbocycles. The van der Waals surface area contributed by atoms with Crippen molar-refractivity contribution in [3.63, 3.8) is 0 Å². The van der Waals surface area contributed by atoms with Crippen molar-refractivity contribution >= 4 is 29.6 Å². The van der Waals surface area contributed by atoms with Crippen LogP contribution in [0.1, 0.15) is 35.1 Å². The lowest BCUT2D eigenvalue weighted by molar-refractivity contribution is -0.192. The number of benzene rings is 2. The van der Waals surface area contributed by atoms with Gasteiger partial charge in [-0.1, -0.05) is 6.07 Å². The minimum absolute atomic E-state index is 0.00649. The number of alkyl halides is 3. The number of aryl methyl sites for hydroxylation is 2. The number of amides is 5. The van der Waals surface area contributed by atoms with E-state index in [1.807, 2.05) is 0 Å². The summed E-state index contributed by atoms with van der Waals surface area (Å²) in [6.07, 6.45) is -6.17. The quantitative estimate of drug-likeness (QED) is 0.435. The van der Waals surface area contributed by atoms with E-state index in [1.54, 1.807) is 0 Å². The summed E-state index contributed by atoms with van der Waals surface area (Å²) in [7, 11) is 1.10. The number of halogens is 5. The smallest absolute Gasteiger partial charge is 0.411 e. The van der Waals surface area contributed by atoms with Crippen LogP contribution in [0.25, 0.3) is 0 Å². The number of hydrogen-bond donors (Lipinski definition) is 2. The Hall–Kier alpha value is -4.23. The third-order valence-corrected chi connectivity index (χ3v) is 7.58. The van der Waals surface area contributed by atoms with Crippen LogP contribution in [0.2, 0.25) is 0 Å². The molecule has 0 radical (unpaired) electrons. The first-order valence-electron chi connectivity index (χ1n) is 12.3. The topological polar surface area (TPSA) is 108 Å². The van der Waals surface area contributed by atoms with Crippen molar-refractivity contribution in [2.45, 2.75) is 50.0 Å². The molecule has 1 fully saturated rings. The van der Waals surface area contributed by atoms with Crippen molar-refractivity contribution in [2.75, 3.05) is 19.0 Å². The van der Waals surface area contributed by atoms with Gasteiger partial charge in [0.15, 0.2) is 0 Å². The summed E-state index contributed by atoms with van der Waals surface area (Å²) < 4.78 is 74.9. The van der Waals surface area contributed by atoms with Gasteiger partial charge in [-0.3, -0.25) is 19.8 Å². The lowest BCUT2D eigenvalue weighted by Crippen LogP contribution is -2.52. The van der Waals surface area contributed by atoms with Crippen molar-refractivity contribution in [1.82, 2.24) is 15.1 Å². The second-order valence-corrected chi connectivity index (χ2v) is 9.86. The van der Waals surface area contributed by atoms with Crippen molar-refractivity contribution in [1.29, 1.82) is 0 Å². The number of ether oxygens (including phenoxy) is 1. The minimum atomic E-state index is -4.81. The monoisotopic (exact) mass is 566 g/mol. The van der Waals surface area contributed by atoms with Gasteiger partial charge in [-0.15, -0.1) is 0 Å². The van der Waals surface area contributed by atoms with Gasteiger partial charge in [-0.25, -0.2) is 18.4 Å². The van der Waals surface area contributed by atoms with Gasteiger partial charge in [0.2, 0.25) is 5.91 Å². The van der Waals surface area contributed by atoms with Crippen molar-refractivity contribution in [2.24, 2.45) is 0 Å². The number of rotatable bonds is 3. The Morgan fingerprint density at radius 2 is 1.85 bits per heavy atom. The number of hydrogen-bond acceptors (Lipinski definition) is 5. The average molecular weight is 566 g/mol. The van der Waals surface area contributed by atoms with Crippen LogP contribution in [-0.4, -0.2) is 59.6 Å². The Morgan fingerprint density at radius 1 is 1.10 bits per heavy atom. The molecule has 40 heavy (non-hydrogen) atoms. The molecule has 2 N–H and O–H groups in total. The largest absolute Gasteiger partial charge is 0.453 e. The molecule has 1 aliphatic carbocycles. The molecule has 1 spiro atoms. The number of carbonyl (C=O) groups excluding carboxylic acids is 4. The zero-order valence-corrected chi connectivity index (χ0v) is 21.0. The standard InChI is InChI=1S/C26H23F5N4O5/c1-40-24(39)32-19-9-14-6-7-25(17(14)10-18(19)28)22(37)35(23(38)33-25)12-21(36)34-11-15-2-4-16(27)8-13(15)3-5-20(34)26(29,30)31/h2,4,8-10,20H,3,5-7,11-12H2,1H3,(H,32,39)(H,33,38)/t20-,25?/m0/s1. The Morgan fingerprint density at radius 3 is 2.55 bits per heavy atom. The number of nitrogens with one attached hydrogen (secondary N) is 2. The van der Waals surface area contributed by atoms with E-state index in [2.05, 4.69) is 15.4 Å². The second-order valence-electron chi connectivity index (χ2n) is 9.86. The zero-order valence-electron chi connectivity index (χ0n) is 21.0. The van der Waals surface area contributed by atoms with Crippen LogP contribution in [0.15, 0.2) is 30.3 Å². The Kier molecular flexibility index (Phi) is 6.66. The summed E-state index contributed by atoms with van der Waals surface area (Å²) in [5.41, 5.74) is -0.693. The van der Waals surface area contributed by atoms with E-state index in [0.717, 1.165) is 25.3 Å². The van der Waals surface area contributed by atoms with E-state index in [4.69, 9.17) is 0 Å². The van der Waals surface area contributed by atoms with Crippen LogP contribution in [0.5, 0.6) is 0 Å². The molecule has 212 valence electrons. The highest BCUT2D eigenvalue weighted by molar-refractivity contribution is 6.10. The molecular formula is C26H23F5N4O5. The second kappa shape index (κ2) is 9.75. The SMILES string of the molecule is COC(=O)Nc1cc2c(cc1F)C1(CC2)NC(=O)N(CC(=O)N2Cc3ccc(F)cc3CC[C@H]2C(F)(F)F)C1=O. The Bertz CT molecular complexity index is 1430. The lowest BCUT2D eigenvalue weighted by atomic mass is 9.91. The van der Waals surface area contributed by atoms with E-state index >= 15 is 0 Å². The van der Waals surface area contributed by atoms with Gasteiger partial charge >= 0.3 is 18.3 Å². The van der Waals surface area contributed by atoms with Crippen LogP contribution < -0.4 is 10.6 Å². The van der Waals surface area contributed by atoms with Gasteiger partial charge in [0.05, 0.1) is 12.8 Å². The molecule has 2 atom stereocenters. The Balaban J connectivity index is 1.41. The van der Waals surface area contributed by atoms with E-state index < -0.39 is 72.8 Å². The maximum Gasteiger partial charge on any atom is 0.411 e. The maximum atomic E-state index is 14.8.